The van der Waals surface area contributed by atoms with Gasteiger partial charge in [-0.15, -0.1) is 0 Å². The van der Waals surface area contributed by atoms with Crippen molar-refractivity contribution < 1.29 is 0 Å². The third kappa shape index (κ3) is 18.4. The Balaban J connectivity index is 0.000000219. The standard InChI is InChI=1S/C25H20.C22H20.C14H14.3C4H10/c1-18(22-15-7-11-20-9-3-5-13-24(20)22)17-19(2)23-16-8-12-21-10-4-6-14-25(21)23;1-16(2)18-8-10-20(11-9-18)22-14-12-21(13-15-22)19-6-4-17(3)5-7-19;1-11-7-3-5-9-13(11)14-10-6-4-8-12(14)2;3*1-3-4-2/h3-17H,1H2,2H3;4-15H,1H2,2-3H3;3-10H,1-2H3;3*3-4H2,1-2H3/b19-17+;;;;;. The average Bonchev–Trinajstić information content (AvgIpc) is 3.44. The number of allylic oxidation sites excluding steroid dienone is 4. The molecule has 73 heavy (non-hydrogen) atoms. The van der Waals surface area contributed by atoms with E-state index in [9.17, 15) is 0 Å². The van der Waals surface area contributed by atoms with E-state index in [2.05, 4.69) is 295 Å². The fourth-order valence-electron chi connectivity index (χ4n) is 7.79. The maximum Gasteiger partial charge on any atom is -0.0106 e. The van der Waals surface area contributed by atoms with E-state index in [1.807, 2.05) is 6.92 Å². The highest BCUT2D eigenvalue weighted by Crippen LogP contribution is 2.31. The number of fused-ring (bicyclic) bond motifs is 2. The average molecular weight is 961 g/mol. The van der Waals surface area contributed by atoms with E-state index in [1.54, 1.807) is 0 Å². The number of unbranched alkanes of at least 4 members (excludes halogenated alkanes) is 3. The molecule has 0 N–H and O–H groups in total. The van der Waals surface area contributed by atoms with Gasteiger partial charge in [-0.25, -0.2) is 0 Å². The van der Waals surface area contributed by atoms with Crippen LogP contribution in [-0.4, -0.2) is 0 Å². The van der Waals surface area contributed by atoms with Crippen molar-refractivity contribution in [3.63, 3.8) is 0 Å². The molecule has 376 valence electrons. The van der Waals surface area contributed by atoms with Gasteiger partial charge >= 0.3 is 0 Å². The van der Waals surface area contributed by atoms with E-state index in [0.29, 0.717) is 0 Å². The fraction of sp³-hybridized carbons (Fsp3) is 0.233. The zero-order valence-corrected chi connectivity index (χ0v) is 46.4. The molecule has 0 fully saturated rings. The first-order chi connectivity index (χ1) is 35.4. The normalized spacial score (nSPS) is 10.4. The van der Waals surface area contributed by atoms with Gasteiger partial charge in [0.15, 0.2) is 0 Å². The van der Waals surface area contributed by atoms with Crippen LogP contribution in [0.5, 0.6) is 0 Å². The highest BCUT2D eigenvalue weighted by Gasteiger charge is 2.07. The number of aryl methyl sites for hydroxylation is 3. The molecule has 0 aliphatic carbocycles. The number of hydrogen-bond acceptors (Lipinski definition) is 0. The Kier molecular flexibility index (Phi) is 25.5. The summed E-state index contributed by atoms with van der Waals surface area (Å²) in [5.74, 6) is 0. The van der Waals surface area contributed by atoms with Crippen molar-refractivity contribution >= 4 is 38.3 Å². The molecule has 0 spiro atoms. The van der Waals surface area contributed by atoms with Gasteiger partial charge in [0.05, 0.1) is 0 Å². The molecular formula is C73H84. The molecule has 0 unspecified atom stereocenters. The van der Waals surface area contributed by atoms with Crippen LogP contribution >= 0.6 is 0 Å². The monoisotopic (exact) mass is 961 g/mol. The highest BCUT2D eigenvalue weighted by molar-refractivity contribution is 6.00. The van der Waals surface area contributed by atoms with Crippen LogP contribution in [0.15, 0.2) is 225 Å². The molecule has 9 aromatic rings. The van der Waals surface area contributed by atoms with Crippen LogP contribution in [0.1, 0.15) is 127 Å². The molecule has 0 aliphatic rings. The van der Waals surface area contributed by atoms with Crippen molar-refractivity contribution in [3.8, 4) is 33.4 Å². The Bertz CT molecular complexity index is 3000. The van der Waals surface area contributed by atoms with Gasteiger partial charge < -0.3 is 0 Å². The highest BCUT2D eigenvalue weighted by atomic mass is 14.1. The molecule has 9 rings (SSSR count). The second-order valence-corrected chi connectivity index (χ2v) is 18.8. The second kappa shape index (κ2) is 31.9. The van der Waals surface area contributed by atoms with Gasteiger partial charge in [-0.05, 0) is 129 Å². The number of benzene rings is 9. The van der Waals surface area contributed by atoms with E-state index in [4.69, 9.17) is 0 Å². The van der Waals surface area contributed by atoms with Crippen molar-refractivity contribution in [1.82, 2.24) is 0 Å². The molecule has 0 heteroatoms. The van der Waals surface area contributed by atoms with Crippen LogP contribution in [0.25, 0.3) is 71.6 Å². The SMILES string of the molecule is C=C(/C=C(\C)c1cccc2ccccc12)c1cccc2ccccc12.C=C(C)c1ccc(-c2ccc(-c3ccc(C)cc3)cc2)cc1.CCCC.CCCC.CCCC.Cc1ccccc1-c1ccccc1C. The zero-order chi connectivity index (χ0) is 53.0. The maximum absolute atomic E-state index is 4.34. The summed E-state index contributed by atoms with van der Waals surface area (Å²) in [6, 6.07) is 72.8. The molecule has 0 saturated carbocycles. The van der Waals surface area contributed by atoms with Gasteiger partial charge in [0, 0.05) is 0 Å². The molecular weight excluding hydrogens is 877 g/mol. The molecule has 0 atom stereocenters. The summed E-state index contributed by atoms with van der Waals surface area (Å²) in [6.45, 7) is 32.0. The summed E-state index contributed by atoms with van der Waals surface area (Å²) in [5.41, 5.74) is 18.6. The summed E-state index contributed by atoms with van der Waals surface area (Å²) in [6.07, 6.45) is 10.1. The van der Waals surface area contributed by atoms with Gasteiger partial charge in [0.1, 0.15) is 0 Å². The predicted molar refractivity (Wildman–Crippen MR) is 330 cm³/mol. The predicted octanol–water partition coefficient (Wildman–Crippen LogP) is 22.9. The van der Waals surface area contributed by atoms with Crippen molar-refractivity contribution in [2.75, 3.05) is 0 Å². The summed E-state index contributed by atoms with van der Waals surface area (Å²) in [7, 11) is 0. The van der Waals surface area contributed by atoms with Crippen molar-refractivity contribution in [2.24, 2.45) is 0 Å². The van der Waals surface area contributed by atoms with Crippen molar-refractivity contribution in [1.29, 1.82) is 0 Å². The van der Waals surface area contributed by atoms with Gasteiger partial charge in [0.2, 0.25) is 0 Å². The zero-order valence-electron chi connectivity index (χ0n) is 46.4. The van der Waals surface area contributed by atoms with E-state index >= 15 is 0 Å². The molecule has 0 saturated heterocycles. The van der Waals surface area contributed by atoms with E-state index in [1.165, 1.54) is 132 Å². The Hall–Kier alpha value is -7.28. The summed E-state index contributed by atoms with van der Waals surface area (Å²) < 4.78 is 0. The molecule has 9 aromatic carbocycles. The van der Waals surface area contributed by atoms with Gasteiger partial charge in [-0.1, -0.05) is 317 Å². The minimum atomic E-state index is 1.04. The van der Waals surface area contributed by atoms with Crippen LogP contribution in [0.4, 0.5) is 0 Å². The Morgan fingerprint density at radius 3 is 1.08 bits per heavy atom. The quantitative estimate of drug-likeness (QED) is 0.120. The number of rotatable bonds is 10. The minimum Gasteiger partial charge on any atom is -0.0955 e. The van der Waals surface area contributed by atoms with Crippen LogP contribution < -0.4 is 0 Å². The fourth-order valence-corrected chi connectivity index (χ4v) is 7.79. The Morgan fingerprint density at radius 2 is 0.685 bits per heavy atom. The van der Waals surface area contributed by atoms with Crippen LogP contribution in [0, 0.1) is 20.8 Å². The molecule has 0 heterocycles. The molecule has 0 aromatic heterocycles. The molecule has 0 amide bonds. The van der Waals surface area contributed by atoms with Gasteiger partial charge in [-0.3, -0.25) is 0 Å². The van der Waals surface area contributed by atoms with Crippen LogP contribution in [0.2, 0.25) is 0 Å². The number of hydrogen-bond donors (Lipinski definition) is 0. The van der Waals surface area contributed by atoms with Gasteiger partial charge in [-0.2, -0.15) is 0 Å². The summed E-state index contributed by atoms with van der Waals surface area (Å²) in [5, 5.41) is 5.04. The van der Waals surface area contributed by atoms with Gasteiger partial charge in [0.25, 0.3) is 0 Å². The molecule has 0 bridgehead atoms. The lowest BCUT2D eigenvalue weighted by atomic mass is 9.94. The first kappa shape index (κ1) is 58.3. The van der Waals surface area contributed by atoms with E-state index < -0.39 is 0 Å². The van der Waals surface area contributed by atoms with E-state index in [0.717, 1.165) is 11.1 Å². The Labute approximate surface area is 442 Å². The van der Waals surface area contributed by atoms with E-state index in [-0.39, 0.29) is 0 Å². The van der Waals surface area contributed by atoms with Crippen molar-refractivity contribution in [3.05, 3.63) is 259 Å². The maximum atomic E-state index is 4.34. The van der Waals surface area contributed by atoms with Crippen LogP contribution in [-0.2, 0) is 0 Å². The molecule has 0 radical (unpaired) electrons. The van der Waals surface area contributed by atoms with Crippen molar-refractivity contribution in [2.45, 2.75) is 115 Å². The lowest BCUT2D eigenvalue weighted by Crippen LogP contribution is -1.87. The lowest BCUT2D eigenvalue weighted by molar-refractivity contribution is 0.886. The molecule has 0 aliphatic heterocycles. The largest absolute Gasteiger partial charge is 0.0955 e. The minimum absolute atomic E-state index is 1.04. The summed E-state index contributed by atoms with van der Waals surface area (Å²) in [4.78, 5) is 0. The molecule has 0 nitrogen and oxygen atoms in total. The smallest absolute Gasteiger partial charge is 0.0106 e. The second-order valence-electron chi connectivity index (χ2n) is 18.8. The third-order valence-electron chi connectivity index (χ3n) is 12.8. The Morgan fingerprint density at radius 1 is 0.356 bits per heavy atom. The third-order valence-corrected chi connectivity index (χ3v) is 12.8. The topological polar surface area (TPSA) is 0 Å². The first-order valence-corrected chi connectivity index (χ1v) is 26.8. The van der Waals surface area contributed by atoms with Crippen LogP contribution in [0.3, 0.4) is 0 Å². The first-order valence-electron chi connectivity index (χ1n) is 26.8. The lowest BCUT2D eigenvalue weighted by Gasteiger charge is -2.10. The summed E-state index contributed by atoms with van der Waals surface area (Å²) >= 11 is 0.